The number of aromatic nitrogens is 2. The molecule has 3 N–H and O–H groups in total. The van der Waals surface area contributed by atoms with E-state index in [0.717, 1.165) is 52.7 Å². The highest BCUT2D eigenvalue weighted by molar-refractivity contribution is 5.91. The maximum atomic E-state index is 14.3. The van der Waals surface area contributed by atoms with Gasteiger partial charge in [0, 0.05) is 84.1 Å². The average Bonchev–Trinajstić information content (AvgIpc) is 3.28. The third kappa shape index (κ3) is 7.54. The first-order chi connectivity index (χ1) is 25.4. The molecule has 3 saturated heterocycles. The van der Waals surface area contributed by atoms with Crippen molar-refractivity contribution < 1.29 is 29.3 Å². The molecule has 4 aliphatic rings. The van der Waals surface area contributed by atoms with Gasteiger partial charge in [-0.3, -0.25) is 13.9 Å². The van der Waals surface area contributed by atoms with E-state index in [1.54, 1.807) is 33.0 Å². The molecule has 5 heterocycles. The Morgan fingerprint density at radius 3 is 2.26 bits per heavy atom. The molecule has 7 rings (SSSR count). The van der Waals surface area contributed by atoms with Crippen molar-refractivity contribution in [2.75, 3.05) is 57.7 Å². The lowest BCUT2D eigenvalue weighted by molar-refractivity contribution is -0.143. The van der Waals surface area contributed by atoms with Crippen LogP contribution in [0.1, 0.15) is 55.2 Å². The highest BCUT2D eigenvalue weighted by Crippen LogP contribution is 2.29. The van der Waals surface area contributed by atoms with Gasteiger partial charge in [-0.2, -0.15) is 0 Å². The molecule has 2 aromatic carbocycles. The number of imidazole rings is 1. The Morgan fingerprint density at radius 1 is 0.906 bits per heavy atom. The SMILES string of the molecule is Cc1cc(C[C@@H](OC(=O)N2CCC(N3CCc4ccccc4NC3=O)CC2)C(=O)N2CCC(N3CCC(O)(CO)CC3)CC2)cc2c1n(C)c(=O)n2C. The number of aryl methyl sites for hydroxylation is 3. The van der Waals surface area contributed by atoms with Gasteiger partial charge in [0.25, 0.3) is 5.91 Å². The number of amides is 4. The van der Waals surface area contributed by atoms with Crippen LogP contribution in [-0.2, 0) is 36.5 Å². The smallest absolute Gasteiger partial charge is 0.410 e. The van der Waals surface area contributed by atoms with Crippen molar-refractivity contribution in [2.45, 2.75) is 82.1 Å². The van der Waals surface area contributed by atoms with Gasteiger partial charge < -0.3 is 39.9 Å². The fraction of sp³-hybridized carbons (Fsp3) is 0.590. The maximum absolute atomic E-state index is 14.3. The van der Waals surface area contributed by atoms with E-state index in [1.807, 2.05) is 48.2 Å². The van der Waals surface area contributed by atoms with Crippen LogP contribution in [-0.4, -0.2) is 133 Å². The fourth-order valence-electron chi connectivity index (χ4n) is 8.87. The van der Waals surface area contributed by atoms with Crippen LogP contribution in [0.4, 0.5) is 15.3 Å². The Labute approximate surface area is 309 Å². The molecule has 14 nitrogen and oxygen atoms in total. The molecule has 0 unspecified atom stereocenters. The summed E-state index contributed by atoms with van der Waals surface area (Å²) in [7, 11) is 3.47. The minimum absolute atomic E-state index is 0.0170. The molecule has 0 saturated carbocycles. The molecule has 1 aromatic heterocycles. The van der Waals surface area contributed by atoms with E-state index in [-0.39, 0.29) is 42.7 Å². The largest absolute Gasteiger partial charge is 0.436 e. The monoisotopic (exact) mass is 731 g/mol. The zero-order chi connectivity index (χ0) is 37.4. The fourth-order valence-corrected chi connectivity index (χ4v) is 8.87. The first-order valence-corrected chi connectivity index (χ1v) is 19.1. The highest BCUT2D eigenvalue weighted by atomic mass is 16.6. The quantitative estimate of drug-likeness (QED) is 0.336. The molecule has 0 bridgehead atoms. The van der Waals surface area contributed by atoms with Crippen LogP contribution in [0.2, 0.25) is 0 Å². The Bertz CT molecular complexity index is 1900. The summed E-state index contributed by atoms with van der Waals surface area (Å²) in [6.45, 7) is 5.57. The average molecular weight is 732 g/mol. The minimum Gasteiger partial charge on any atom is -0.436 e. The van der Waals surface area contributed by atoms with E-state index in [2.05, 4.69) is 10.2 Å². The molecule has 14 heteroatoms. The topological polar surface area (TPSA) is 153 Å². The second-order valence-corrected chi connectivity index (χ2v) is 15.5. The number of carbonyl (C=O) groups is 3. The van der Waals surface area contributed by atoms with E-state index in [1.165, 1.54) is 0 Å². The van der Waals surface area contributed by atoms with E-state index in [4.69, 9.17) is 4.74 Å². The molecule has 4 amide bonds. The van der Waals surface area contributed by atoms with Crippen LogP contribution >= 0.6 is 0 Å². The summed E-state index contributed by atoms with van der Waals surface area (Å²) in [5, 5.41) is 23.1. The van der Waals surface area contributed by atoms with Gasteiger partial charge in [0.05, 0.1) is 23.2 Å². The molecule has 3 aromatic rings. The van der Waals surface area contributed by atoms with Crippen LogP contribution in [0.5, 0.6) is 0 Å². The van der Waals surface area contributed by atoms with Gasteiger partial charge in [-0.15, -0.1) is 0 Å². The molecule has 0 aliphatic carbocycles. The molecule has 1 atom stereocenters. The normalized spacial score (nSPS) is 20.9. The van der Waals surface area contributed by atoms with Crippen molar-refractivity contribution in [3.63, 3.8) is 0 Å². The van der Waals surface area contributed by atoms with E-state index in [0.29, 0.717) is 71.5 Å². The number of hydrogen-bond donors (Lipinski definition) is 3. The number of carbonyl (C=O) groups excluding carboxylic acids is 3. The number of nitrogens with zero attached hydrogens (tertiary/aromatic N) is 6. The molecule has 0 radical (unpaired) electrons. The lowest BCUT2D eigenvalue weighted by Crippen LogP contribution is -2.54. The number of anilines is 1. The third-order valence-electron chi connectivity index (χ3n) is 12.2. The second kappa shape index (κ2) is 15.2. The van der Waals surface area contributed by atoms with Crippen LogP contribution in [0.25, 0.3) is 11.0 Å². The van der Waals surface area contributed by atoms with Crippen molar-refractivity contribution in [1.82, 2.24) is 28.7 Å². The van der Waals surface area contributed by atoms with Crippen LogP contribution in [0, 0.1) is 6.92 Å². The number of fused-ring (bicyclic) bond motifs is 2. The number of benzene rings is 2. The summed E-state index contributed by atoms with van der Waals surface area (Å²) in [6, 6.07) is 11.8. The lowest BCUT2D eigenvalue weighted by atomic mass is 9.90. The molecular formula is C39H53N7O7. The van der Waals surface area contributed by atoms with Gasteiger partial charge in [0.15, 0.2) is 6.10 Å². The van der Waals surface area contributed by atoms with Crippen molar-refractivity contribution in [3.8, 4) is 0 Å². The molecule has 4 aliphatic heterocycles. The zero-order valence-corrected chi connectivity index (χ0v) is 31.1. The number of urea groups is 1. The summed E-state index contributed by atoms with van der Waals surface area (Å²) >= 11 is 0. The van der Waals surface area contributed by atoms with Gasteiger partial charge in [0.1, 0.15) is 0 Å². The van der Waals surface area contributed by atoms with Crippen LogP contribution in [0.3, 0.4) is 0 Å². The highest BCUT2D eigenvalue weighted by Gasteiger charge is 2.38. The standard InChI is InChI=1S/C39H53N7O7/c1-26-22-27(23-32-34(26)42(3)37(50)41(32)2)24-33(35(48)44-15-9-29(10-16-44)43-20-13-39(52,25-47)14-21-43)53-38(51)45-17-11-30(12-18-45)46-19-8-28-6-4-5-7-31(28)40-36(46)49/h4-7,22-23,29-30,33,47,52H,8-21,24-25H2,1-3H3,(H,40,49)/t33-/m1/s1. The Kier molecular flexibility index (Phi) is 10.6. The Morgan fingerprint density at radius 2 is 1.57 bits per heavy atom. The third-order valence-corrected chi connectivity index (χ3v) is 12.2. The summed E-state index contributed by atoms with van der Waals surface area (Å²) < 4.78 is 9.34. The van der Waals surface area contributed by atoms with E-state index in [9.17, 15) is 29.4 Å². The lowest BCUT2D eigenvalue weighted by Gasteiger charge is -2.44. The van der Waals surface area contributed by atoms with Gasteiger partial charge in [-0.25, -0.2) is 14.4 Å². The number of rotatable bonds is 7. The number of aliphatic hydroxyl groups excluding tert-OH is 1. The second-order valence-electron chi connectivity index (χ2n) is 15.5. The minimum atomic E-state index is -1.06. The zero-order valence-electron chi connectivity index (χ0n) is 31.1. The number of ether oxygens (including phenoxy) is 1. The summed E-state index contributed by atoms with van der Waals surface area (Å²) in [5.74, 6) is -0.236. The number of nitrogens with one attached hydrogen (secondary N) is 1. The number of aliphatic hydroxyl groups is 2. The number of para-hydroxylation sites is 1. The molecule has 3 fully saturated rings. The number of hydrogen-bond acceptors (Lipinski definition) is 8. The van der Waals surface area contributed by atoms with Crippen molar-refractivity contribution in [3.05, 3.63) is 63.6 Å². The van der Waals surface area contributed by atoms with Gasteiger partial charge in [-0.05, 0) is 80.7 Å². The maximum Gasteiger partial charge on any atom is 0.410 e. The summed E-state index contributed by atoms with van der Waals surface area (Å²) in [4.78, 5) is 61.6. The number of piperidine rings is 3. The molecule has 53 heavy (non-hydrogen) atoms. The van der Waals surface area contributed by atoms with Crippen molar-refractivity contribution >= 4 is 34.8 Å². The first-order valence-electron chi connectivity index (χ1n) is 19.1. The van der Waals surface area contributed by atoms with Crippen LogP contribution in [0.15, 0.2) is 41.2 Å². The molecule has 286 valence electrons. The van der Waals surface area contributed by atoms with Gasteiger partial charge >= 0.3 is 17.8 Å². The number of likely N-dealkylation sites (tertiary alicyclic amines) is 3. The van der Waals surface area contributed by atoms with Crippen molar-refractivity contribution in [1.29, 1.82) is 0 Å². The predicted molar refractivity (Wildman–Crippen MR) is 200 cm³/mol. The first kappa shape index (κ1) is 36.9. The summed E-state index contributed by atoms with van der Waals surface area (Å²) in [6.07, 6.45) is 3.12. The van der Waals surface area contributed by atoms with Crippen LogP contribution < -0.4 is 11.0 Å². The van der Waals surface area contributed by atoms with Gasteiger partial charge in [-0.1, -0.05) is 24.3 Å². The van der Waals surface area contributed by atoms with E-state index < -0.39 is 17.8 Å². The predicted octanol–water partition coefficient (Wildman–Crippen LogP) is 2.60. The Balaban J connectivity index is 1.03. The van der Waals surface area contributed by atoms with E-state index >= 15 is 0 Å². The molecular weight excluding hydrogens is 678 g/mol. The summed E-state index contributed by atoms with van der Waals surface area (Å²) in [5.41, 5.74) is 4.07. The Hall–Kier alpha value is -4.40. The molecule has 0 spiro atoms. The van der Waals surface area contributed by atoms with Gasteiger partial charge in [0.2, 0.25) is 0 Å². The van der Waals surface area contributed by atoms with Crippen molar-refractivity contribution in [2.24, 2.45) is 14.1 Å².